The molecule has 1 aliphatic carbocycles. The third-order valence-electron chi connectivity index (χ3n) is 7.41. The lowest BCUT2D eigenvalue weighted by Crippen LogP contribution is -2.50. The predicted octanol–water partition coefficient (Wildman–Crippen LogP) is 4.96. The Balaban J connectivity index is 1.34. The molecule has 0 bridgehead atoms. The van der Waals surface area contributed by atoms with Gasteiger partial charge in [-0.2, -0.15) is 5.10 Å². The molecule has 3 heterocycles. The predicted molar refractivity (Wildman–Crippen MR) is 154 cm³/mol. The molecular weight excluding hydrogens is 524 g/mol. The third kappa shape index (κ3) is 6.51. The first-order valence-electron chi connectivity index (χ1n) is 13.8. The standard InChI is InChI=1S/C30H38N6O5/c1-29(2,3)41-28(37)36(30(4)12-13-30)22-11-14-35(18-22)26-10-9-24(32-33-26)23-8-7-20(15-25(23)40-19-38-5)21-16-27(39-6)34-31-17-21/h7-10,15-17,22H,11-14,18-19H2,1-6H3/t22-/m1/s1. The number of hydrogen-bond donors (Lipinski definition) is 0. The molecule has 1 saturated carbocycles. The smallest absolute Gasteiger partial charge is 0.411 e. The van der Waals surface area contributed by atoms with Gasteiger partial charge in [0.05, 0.1) is 25.0 Å². The molecule has 0 spiro atoms. The van der Waals surface area contributed by atoms with Crippen molar-refractivity contribution in [2.45, 2.75) is 64.1 Å². The molecule has 5 rings (SSSR count). The van der Waals surface area contributed by atoms with Gasteiger partial charge in [-0.1, -0.05) is 6.07 Å². The highest BCUT2D eigenvalue weighted by Crippen LogP contribution is 2.44. The maximum absolute atomic E-state index is 13.2. The normalized spacial score (nSPS) is 17.7. The lowest BCUT2D eigenvalue weighted by atomic mass is 10.0. The number of benzene rings is 1. The minimum absolute atomic E-state index is 0.0571. The van der Waals surface area contributed by atoms with Crippen molar-refractivity contribution in [3.8, 4) is 34.0 Å². The van der Waals surface area contributed by atoms with E-state index >= 15 is 0 Å². The molecule has 2 fully saturated rings. The number of carbonyl (C=O) groups is 1. The van der Waals surface area contributed by atoms with Crippen molar-refractivity contribution in [1.82, 2.24) is 25.3 Å². The Hall–Kier alpha value is -3.99. The Morgan fingerprint density at radius 2 is 1.88 bits per heavy atom. The molecule has 0 radical (unpaired) electrons. The van der Waals surface area contributed by atoms with Gasteiger partial charge in [0, 0.05) is 42.9 Å². The summed E-state index contributed by atoms with van der Waals surface area (Å²) >= 11 is 0. The van der Waals surface area contributed by atoms with Crippen LogP contribution in [0.1, 0.15) is 47.0 Å². The zero-order valence-electron chi connectivity index (χ0n) is 24.6. The molecule has 1 aliphatic heterocycles. The lowest BCUT2D eigenvalue weighted by molar-refractivity contribution is 0.00539. The van der Waals surface area contributed by atoms with Gasteiger partial charge in [0.2, 0.25) is 5.88 Å². The van der Waals surface area contributed by atoms with E-state index < -0.39 is 5.60 Å². The highest BCUT2D eigenvalue weighted by molar-refractivity contribution is 5.75. The van der Waals surface area contributed by atoms with Gasteiger partial charge in [-0.05, 0) is 76.8 Å². The van der Waals surface area contributed by atoms with Crippen molar-refractivity contribution in [3.63, 3.8) is 0 Å². The number of aromatic nitrogens is 4. The van der Waals surface area contributed by atoms with E-state index in [0.29, 0.717) is 23.9 Å². The van der Waals surface area contributed by atoms with Crippen LogP contribution >= 0.6 is 0 Å². The zero-order chi connectivity index (χ0) is 29.2. The zero-order valence-corrected chi connectivity index (χ0v) is 24.6. The summed E-state index contributed by atoms with van der Waals surface area (Å²) in [6, 6.07) is 11.6. The molecule has 0 N–H and O–H groups in total. The molecular formula is C30H38N6O5. The van der Waals surface area contributed by atoms with E-state index in [9.17, 15) is 4.79 Å². The van der Waals surface area contributed by atoms with E-state index in [1.807, 2.05) is 62.1 Å². The first-order valence-corrected chi connectivity index (χ1v) is 13.8. The van der Waals surface area contributed by atoms with E-state index in [1.165, 1.54) is 0 Å². The SMILES string of the molecule is COCOc1cc(-c2cnnc(OC)c2)ccc1-c1ccc(N2CC[C@@H](N(C(=O)OC(C)(C)C)C3(C)CC3)C2)nn1. The van der Waals surface area contributed by atoms with Gasteiger partial charge in [-0.25, -0.2) is 4.79 Å². The van der Waals surface area contributed by atoms with Crippen LogP contribution in [0.2, 0.25) is 0 Å². The summed E-state index contributed by atoms with van der Waals surface area (Å²) in [6.07, 6.45) is 4.27. The highest BCUT2D eigenvalue weighted by atomic mass is 16.7. The molecule has 11 heteroatoms. The quantitative estimate of drug-likeness (QED) is 0.332. The number of anilines is 1. The fourth-order valence-electron chi connectivity index (χ4n) is 5.10. The summed E-state index contributed by atoms with van der Waals surface area (Å²) in [4.78, 5) is 17.3. The molecule has 1 atom stereocenters. The fraction of sp³-hybridized carbons (Fsp3) is 0.500. The van der Waals surface area contributed by atoms with Crippen LogP contribution in [0.3, 0.4) is 0 Å². The van der Waals surface area contributed by atoms with E-state index in [-0.39, 0.29) is 24.5 Å². The van der Waals surface area contributed by atoms with Crippen LogP contribution in [-0.4, -0.2) is 82.7 Å². The van der Waals surface area contributed by atoms with Crippen molar-refractivity contribution in [3.05, 3.63) is 42.6 Å². The Morgan fingerprint density at radius 1 is 1.07 bits per heavy atom. The van der Waals surface area contributed by atoms with Gasteiger partial charge < -0.3 is 23.8 Å². The van der Waals surface area contributed by atoms with Crippen LogP contribution in [0.4, 0.5) is 10.6 Å². The maximum atomic E-state index is 13.2. The number of nitrogens with zero attached hydrogens (tertiary/aromatic N) is 6. The van der Waals surface area contributed by atoms with Gasteiger partial charge in [0.1, 0.15) is 11.4 Å². The molecule has 2 aromatic heterocycles. The second kappa shape index (κ2) is 11.5. The Labute approximate surface area is 240 Å². The van der Waals surface area contributed by atoms with E-state index in [4.69, 9.17) is 18.9 Å². The first-order chi connectivity index (χ1) is 19.6. The largest absolute Gasteiger partial charge is 0.480 e. The average molecular weight is 563 g/mol. The van der Waals surface area contributed by atoms with Gasteiger partial charge in [-0.3, -0.25) is 4.90 Å². The van der Waals surface area contributed by atoms with Crippen molar-refractivity contribution in [1.29, 1.82) is 0 Å². The Bertz CT molecular complexity index is 1370. The molecule has 1 amide bonds. The second-order valence-electron chi connectivity index (χ2n) is 11.8. The van der Waals surface area contributed by atoms with Crippen molar-refractivity contribution < 1.29 is 23.7 Å². The Kier molecular flexibility index (Phi) is 7.99. The summed E-state index contributed by atoms with van der Waals surface area (Å²) in [5, 5.41) is 17.1. The van der Waals surface area contributed by atoms with Gasteiger partial charge in [-0.15, -0.1) is 15.3 Å². The molecule has 1 saturated heterocycles. The third-order valence-corrected chi connectivity index (χ3v) is 7.41. The molecule has 2 aliphatic rings. The molecule has 11 nitrogen and oxygen atoms in total. The topological polar surface area (TPSA) is 112 Å². The number of hydrogen-bond acceptors (Lipinski definition) is 10. The minimum Gasteiger partial charge on any atom is -0.480 e. The number of carbonyl (C=O) groups excluding carboxylic acids is 1. The van der Waals surface area contributed by atoms with Crippen molar-refractivity contribution >= 4 is 11.9 Å². The number of ether oxygens (including phenoxy) is 4. The average Bonchev–Trinajstić information content (AvgIpc) is 3.50. The molecule has 41 heavy (non-hydrogen) atoms. The van der Waals surface area contributed by atoms with Crippen LogP contribution in [0, 0.1) is 0 Å². The molecule has 3 aromatic rings. The molecule has 218 valence electrons. The summed E-state index contributed by atoms with van der Waals surface area (Å²) < 4.78 is 22.1. The van der Waals surface area contributed by atoms with Gasteiger partial charge in [0.25, 0.3) is 0 Å². The van der Waals surface area contributed by atoms with Crippen molar-refractivity contribution in [2.75, 3.05) is 39.0 Å². The Morgan fingerprint density at radius 3 is 2.54 bits per heavy atom. The summed E-state index contributed by atoms with van der Waals surface area (Å²) in [6.45, 7) is 9.42. The minimum atomic E-state index is -0.535. The maximum Gasteiger partial charge on any atom is 0.411 e. The summed E-state index contributed by atoms with van der Waals surface area (Å²) in [7, 11) is 3.13. The highest BCUT2D eigenvalue weighted by Gasteiger charge is 2.51. The lowest BCUT2D eigenvalue weighted by Gasteiger charge is -2.36. The van der Waals surface area contributed by atoms with Crippen LogP contribution < -0.4 is 14.4 Å². The molecule has 1 aromatic carbocycles. The van der Waals surface area contributed by atoms with E-state index in [1.54, 1.807) is 20.4 Å². The van der Waals surface area contributed by atoms with Crippen LogP contribution in [0.15, 0.2) is 42.6 Å². The van der Waals surface area contributed by atoms with Crippen molar-refractivity contribution in [2.24, 2.45) is 0 Å². The summed E-state index contributed by atoms with van der Waals surface area (Å²) in [5.74, 6) is 1.80. The van der Waals surface area contributed by atoms with E-state index in [2.05, 4.69) is 32.2 Å². The summed E-state index contributed by atoms with van der Waals surface area (Å²) in [5.41, 5.74) is 2.52. The van der Waals surface area contributed by atoms with Crippen LogP contribution in [0.25, 0.3) is 22.4 Å². The number of methoxy groups -OCH3 is 2. The number of rotatable bonds is 9. The monoisotopic (exact) mass is 562 g/mol. The van der Waals surface area contributed by atoms with Gasteiger partial charge in [0.15, 0.2) is 12.6 Å². The molecule has 0 unspecified atom stereocenters. The van der Waals surface area contributed by atoms with Crippen LogP contribution in [0.5, 0.6) is 11.6 Å². The number of amides is 1. The van der Waals surface area contributed by atoms with E-state index in [0.717, 1.165) is 48.3 Å². The fourth-order valence-corrected chi connectivity index (χ4v) is 5.10. The first kappa shape index (κ1) is 28.5. The van der Waals surface area contributed by atoms with Gasteiger partial charge >= 0.3 is 6.09 Å². The second-order valence-corrected chi connectivity index (χ2v) is 11.8. The van der Waals surface area contributed by atoms with Crippen LogP contribution in [-0.2, 0) is 9.47 Å².